The van der Waals surface area contributed by atoms with Gasteiger partial charge in [-0.25, -0.2) is 0 Å². The third-order valence-corrected chi connectivity index (χ3v) is 5.07. The van der Waals surface area contributed by atoms with Gasteiger partial charge in [-0.15, -0.1) is 0 Å². The van der Waals surface area contributed by atoms with Crippen molar-refractivity contribution in [3.05, 3.63) is 37.4 Å². The maximum Gasteiger partial charge on any atom is 0.277 e. The Bertz CT molecular complexity index is 661. The zero-order chi connectivity index (χ0) is 15.7. The average molecular weight is 439 g/mol. The summed E-state index contributed by atoms with van der Waals surface area (Å²) in [5.41, 5.74) is 1.56. The van der Waals surface area contributed by atoms with Crippen molar-refractivity contribution in [2.24, 2.45) is 0 Å². The van der Waals surface area contributed by atoms with Gasteiger partial charge in [-0.05, 0) is 50.4 Å². The number of carbonyl (C=O) groups is 2. The number of aryl methyl sites for hydroxylation is 1. The summed E-state index contributed by atoms with van der Waals surface area (Å²) in [6.45, 7) is 1.55. The van der Waals surface area contributed by atoms with E-state index < -0.39 is 11.8 Å². The minimum Gasteiger partial charge on any atom is -0.395 e. The second kappa shape index (κ2) is 6.48. The Balaban J connectivity index is 2.32. The molecule has 1 aliphatic heterocycles. The van der Waals surface area contributed by atoms with Crippen LogP contribution in [0.1, 0.15) is 5.56 Å². The molecule has 0 saturated carbocycles. The number of carbonyl (C=O) groups excluding carboxylic acids is 2. The number of aliphatic hydroxyl groups excluding tert-OH is 1. The van der Waals surface area contributed by atoms with E-state index in [9.17, 15) is 9.59 Å². The monoisotopic (exact) mass is 436 g/mol. The van der Waals surface area contributed by atoms with Crippen molar-refractivity contribution < 1.29 is 14.7 Å². The molecule has 0 radical (unpaired) electrons. The molecule has 1 aromatic rings. The van der Waals surface area contributed by atoms with Crippen molar-refractivity contribution in [3.63, 3.8) is 0 Å². The number of halogens is 3. The molecule has 2 rings (SSSR count). The third-order valence-electron chi connectivity index (χ3n) is 2.93. The minimum atomic E-state index is -0.482. The Kier molecular flexibility index (Phi) is 5.08. The molecule has 0 aromatic heterocycles. The predicted octanol–water partition coefficient (Wildman–Crippen LogP) is 2.83. The van der Waals surface area contributed by atoms with Gasteiger partial charge in [-0.3, -0.25) is 14.5 Å². The van der Waals surface area contributed by atoms with E-state index >= 15 is 0 Å². The first-order valence-electron chi connectivity index (χ1n) is 5.96. The van der Waals surface area contributed by atoms with Crippen LogP contribution in [0.4, 0.5) is 5.69 Å². The molecule has 5 nitrogen and oxygen atoms in total. The predicted molar refractivity (Wildman–Crippen MR) is 87.1 cm³/mol. The van der Waals surface area contributed by atoms with E-state index in [0.29, 0.717) is 19.7 Å². The third kappa shape index (κ3) is 3.15. The number of amides is 2. The van der Waals surface area contributed by atoms with Crippen molar-refractivity contribution >= 4 is 61.0 Å². The molecule has 0 bridgehead atoms. The van der Waals surface area contributed by atoms with E-state index in [1.165, 1.54) is 6.08 Å². The molecular weight excluding hydrogens is 427 g/mol. The summed E-state index contributed by atoms with van der Waals surface area (Å²) in [6.07, 6.45) is 1.20. The van der Waals surface area contributed by atoms with Crippen molar-refractivity contribution in [2.45, 2.75) is 6.92 Å². The lowest BCUT2D eigenvalue weighted by Crippen LogP contribution is -2.34. The van der Waals surface area contributed by atoms with Gasteiger partial charge in [0.15, 0.2) is 0 Å². The largest absolute Gasteiger partial charge is 0.395 e. The van der Waals surface area contributed by atoms with Crippen LogP contribution < -0.4 is 5.32 Å². The normalized spacial score (nSPS) is 14.7. The summed E-state index contributed by atoms with van der Waals surface area (Å²) in [4.78, 5) is 24.8. The number of anilines is 1. The van der Waals surface area contributed by atoms with Gasteiger partial charge in [0.2, 0.25) is 0 Å². The maximum atomic E-state index is 12.1. The van der Waals surface area contributed by atoms with Gasteiger partial charge in [0, 0.05) is 10.5 Å². The number of imide groups is 1. The number of benzene rings is 1. The van der Waals surface area contributed by atoms with Crippen LogP contribution in [-0.2, 0) is 9.59 Å². The van der Waals surface area contributed by atoms with E-state index in [2.05, 4.69) is 37.2 Å². The molecule has 2 amide bonds. The molecule has 0 fully saturated rings. The highest BCUT2D eigenvalue weighted by molar-refractivity contribution is 9.11. The fourth-order valence-electron chi connectivity index (χ4n) is 1.87. The number of nitrogens with zero attached hydrogens (tertiary/aromatic N) is 1. The molecule has 2 N–H and O–H groups in total. The minimum absolute atomic E-state index is 0.0314. The summed E-state index contributed by atoms with van der Waals surface area (Å²) in [5.74, 6) is -0.938. The van der Waals surface area contributed by atoms with Crippen molar-refractivity contribution in [1.29, 1.82) is 0 Å². The van der Waals surface area contributed by atoms with Crippen LogP contribution in [0.3, 0.4) is 0 Å². The first-order chi connectivity index (χ1) is 9.86. The van der Waals surface area contributed by atoms with Crippen LogP contribution in [0.5, 0.6) is 0 Å². The van der Waals surface area contributed by atoms with Gasteiger partial charge >= 0.3 is 0 Å². The summed E-state index contributed by atoms with van der Waals surface area (Å²) >= 11 is 12.9. The Hall–Kier alpha value is -0.890. The average Bonchev–Trinajstić information content (AvgIpc) is 2.69. The zero-order valence-corrected chi connectivity index (χ0v) is 14.8. The first kappa shape index (κ1) is 16.5. The quantitative estimate of drug-likeness (QED) is 0.560. The summed E-state index contributed by atoms with van der Waals surface area (Å²) in [6, 6.07) is 1.81. The molecule has 0 saturated heterocycles. The van der Waals surface area contributed by atoms with E-state index in [-0.39, 0.29) is 18.8 Å². The van der Waals surface area contributed by atoms with Crippen LogP contribution in [0.15, 0.2) is 26.8 Å². The van der Waals surface area contributed by atoms with E-state index in [0.717, 1.165) is 10.5 Å². The van der Waals surface area contributed by atoms with Crippen molar-refractivity contribution in [3.8, 4) is 0 Å². The van der Waals surface area contributed by atoms with Crippen LogP contribution >= 0.6 is 43.5 Å². The van der Waals surface area contributed by atoms with Gasteiger partial charge in [-0.1, -0.05) is 11.6 Å². The topological polar surface area (TPSA) is 69.6 Å². The number of aliphatic hydroxyl groups is 1. The van der Waals surface area contributed by atoms with E-state index in [1.807, 2.05) is 13.0 Å². The van der Waals surface area contributed by atoms with Crippen molar-refractivity contribution in [2.75, 3.05) is 18.5 Å². The number of hydrogen-bond acceptors (Lipinski definition) is 4. The molecule has 0 aliphatic carbocycles. The number of rotatable bonds is 4. The number of nitrogens with one attached hydrogen (secondary N) is 1. The maximum absolute atomic E-state index is 12.1. The molecule has 0 unspecified atom stereocenters. The molecular formula is C13H11Br2ClN2O3. The van der Waals surface area contributed by atoms with Gasteiger partial charge in [0.25, 0.3) is 11.8 Å². The number of hydrogen-bond donors (Lipinski definition) is 2. The first-order valence-corrected chi connectivity index (χ1v) is 7.92. The molecule has 0 atom stereocenters. The molecule has 8 heteroatoms. The van der Waals surface area contributed by atoms with E-state index in [1.54, 1.807) is 0 Å². The summed E-state index contributed by atoms with van der Waals surface area (Å²) < 4.78 is 1.30. The van der Waals surface area contributed by atoms with Gasteiger partial charge in [0.05, 0.1) is 28.3 Å². The fourth-order valence-corrected chi connectivity index (χ4v) is 3.55. The smallest absolute Gasteiger partial charge is 0.277 e. The molecule has 1 aromatic carbocycles. The molecule has 1 heterocycles. The molecule has 0 spiro atoms. The summed E-state index contributed by atoms with van der Waals surface area (Å²) in [7, 11) is 0. The lowest BCUT2D eigenvalue weighted by atomic mass is 10.2. The highest BCUT2D eigenvalue weighted by Gasteiger charge is 2.31. The van der Waals surface area contributed by atoms with Crippen molar-refractivity contribution in [1.82, 2.24) is 4.90 Å². The number of β-amino-alcohol motifs (C(OH)–C–C–N with tert-alkyl or cyclic N) is 1. The van der Waals surface area contributed by atoms with Crippen LogP contribution in [0, 0.1) is 6.92 Å². The SMILES string of the molecule is Cc1cc(Br)c(NC2=CC(=O)N(CCO)C2=O)c(Br)c1Cl. The van der Waals surface area contributed by atoms with Crippen LogP contribution in [0.2, 0.25) is 5.02 Å². The molecule has 21 heavy (non-hydrogen) atoms. The molecule has 112 valence electrons. The second-order valence-electron chi connectivity index (χ2n) is 4.38. The lowest BCUT2D eigenvalue weighted by Gasteiger charge is -2.16. The molecule has 1 aliphatic rings. The Morgan fingerprint density at radius 3 is 2.67 bits per heavy atom. The van der Waals surface area contributed by atoms with Crippen LogP contribution in [0.25, 0.3) is 0 Å². The lowest BCUT2D eigenvalue weighted by molar-refractivity contribution is -0.137. The Morgan fingerprint density at radius 2 is 2.05 bits per heavy atom. The van der Waals surface area contributed by atoms with Gasteiger partial charge in [-0.2, -0.15) is 0 Å². The van der Waals surface area contributed by atoms with Gasteiger partial charge < -0.3 is 10.4 Å². The Morgan fingerprint density at radius 1 is 1.38 bits per heavy atom. The van der Waals surface area contributed by atoms with Crippen LogP contribution in [-0.4, -0.2) is 35.0 Å². The second-order valence-corrected chi connectivity index (χ2v) is 6.41. The standard InChI is InChI=1S/C13H11Br2ClN2O3/c1-6-4-7(14)12(10(15)11(6)16)17-8-5-9(20)18(2-3-19)13(8)21/h4-5,17,19H,2-3H2,1H3. The fraction of sp³-hybridized carbons (Fsp3) is 0.231. The van der Waals surface area contributed by atoms with E-state index in [4.69, 9.17) is 16.7 Å². The van der Waals surface area contributed by atoms with Gasteiger partial charge in [0.1, 0.15) is 5.70 Å². The summed E-state index contributed by atoms with van der Waals surface area (Å²) in [5, 5.41) is 12.3. The zero-order valence-electron chi connectivity index (χ0n) is 10.9. The Labute approximate surface area is 143 Å². The highest BCUT2D eigenvalue weighted by atomic mass is 79.9. The highest BCUT2D eigenvalue weighted by Crippen LogP contribution is 2.39.